The summed E-state index contributed by atoms with van der Waals surface area (Å²) in [7, 11) is -2.48. The molecule has 0 bridgehead atoms. The molecule has 1 aliphatic heterocycles. The van der Waals surface area contributed by atoms with Crippen molar-refractivity contribution < 1.29 is 27.5 Å². The molecule has 3 rings (SSSR count). The number of amides is 1. The number of sulfonamides is 1. The van der Waals surface area contributed by atoms with E-state index < -0.39 is 28.5 Å². The zero-order chi connectivity index (χ0) is 25.6. The molecule has 1 fully saturated rings. The number of methoxy groups -OCH3 is 1. The number of rotatable bonds is 9. The smallest absolute Gasteiger partial charge is 0.338 e. The second kappa shape index (κ2) is 11.3. The van der Waals surface area contributed by atoms with Crippen LogP contribution in [0.15, 0.2) is 41.3 Å². The standard InChI is InChI=1S/C25H29N3O6S/c1-18-13-19(2)15-21(14-18)28(12-6-9-26)24(29)17-34-25(30)20-7-8-22(33-3)23(16-20)35(31,32)27-10-4-5-11-27/h7-8,13-16H,4-6,10-12,17H2,1-3H3. The minimum absolute atomic E-state index is 0.00801. The Kier molecular flexibility index (Phi) is 8.48. The highest BCUT2D eigenvalue weighted by Gasteiger charge is 2.31. The van der Waals surface area contributed by atoms with Crippen molar-refractivity contribution in [3.05, 3.63) is 53.1 Å². The first-order chi connectivity index (χ1) is 16.7. The van der Waals surface area contributed by atoms with E-state index in [0.29, 0.717) is 18.8 Å². The molecule has 10 heteroatoms. The minimum Gasteiger partial charge on any atom is -0.495 e. The molecule has 0 spiro atoms. The SMILES string of the molecule is COc1ccc(C(=O)OCC(=O)N(CCC#N)c2cc(C)cc(C)c2)cc1S(=O)(=O)N1CCCC1. The first-order valence-electron chi connectivity index (χ1n) is 11.3. The van der Waals surface area contributed by atoms with Crippen molar-refractivity contribution in [2.45, 2.75) is 38.0 Å². The van der Waals surface area contributed by atoms with Gasteiger partial charge in [0.15, 0.2) is 6.61 Å². The minimum atomic E-state index is -3.84. The number of ether oxygens (including phenoxy) is 2. The molecule has 1 saturated heterocycles. The maximum atomic E-state index is 13.1. The number of esters is 1. The Balaban J connectivity index is 1.78. The molecule has 9 nitrogen and oxygen atoms in total. The van der Waals surface area contributed by atoms with Crippen LogP contribution in [0, 0.1) is 25.2 Å². The van der Waals surface area contributed by atoms with Gasteiger partial charge in [-0.2, -0.15) is 9.57 Å². The van der Waals surface area contributed by atoms with E-state index in [1.807, 2.05) is 38.1 Å². The summed E-state index contributed by atoms with van der Waals surface area (Å²) in [5.74, 6) is -1.20. The van der Waals surface area contributed by atoms with Crippen LogP contribution >= 0.6 is 0 Å². The molecule has 0 aromatic heterocycles. The molecule has 2 aromatic rings. The lowest BCUT2D eigenvalue weighted by Crippen LogP contribution is -2.35. The molecule has 186 valence electrons. The lowest BCUT2D eigenvalue weighted by atomic mass is 10.1. The Morgan fingerprint density at radius 1 is 1.09 bits per heavy atom. The molecule has 1 amide bonds. The number of hydrogen-bond donors (Lipinski definition) is 0. The second-order valence-corrected chi connectivity index (χ2v) is 10.3. The predicted molar refractivity (Wildman–Crippen MR) is 130 cm³/mol. The zero-order valence-corrected chi connectivity index (χ0v) is 20.9. The Morgan fingerprint density at radius 2 is 1.74 bits per heavy atom. The molecule has 1 aliphatic rings. The summed E-state index contributed by atoms with van der Waals surface area (Å²) in [5.41, 5.74) is 2.52. The summed E-state index contributed by atoms with van der Waals surface area (Å²) in [4.78, 5) is 27.0. The molecule has 0 saturated carbocycles. The summed E-state index contributed by atoms with van der Waals surface area (Å²) >= 11 is 0. The van der Waals surface area contributed by atoms with Gasteiger partial charge in [0.2, 0.25) is 10.0 Å². The van der Waals surface area contributed by atoms with Gasteiger partial charge in [-0.15, -0.1) is 0 Å². The van der Waals surface area contributed by atoms with Crippen LogP contribution in [0.2, 0.25) is 0 Å². The van der Waals surface area contributed by atoms with Crippen molar-refractivity contribution in [2.24, 2.45) is 0 Å². The van der Waals surface area contributed by atoms with Crippen LogP contribution in [0.1, 0.15) is 40.7 Å². The van der Waals surface area contributed by atoms with E-state index >= 15 is 0 Å². The van der Waals surface area contributed by atoms with Crippen molar-refractivity contribution in [2.75, 3.05) is 38.3 Å². The number of hydrogen-bond acceptors (Lipinski definition) is 7. The number of nitrogens with zero attached hydrogens (tertiary/aromatic N) is 3. The molecule has 1 heterocycles. The van der Waals surface area contributed by atoms with Gasteiger partial charge in [0.05, 0.1) is 25.2 Å². The highest BCUT2D eigenvalue weighted by Crippen LogP contribution is 2.30. The van der Waals surface area contributed by atoms with Gasteiger partial charge < -0.3 is 14.4 Å². The predicted octanol–water partition coefficient (Wildman–Crippen LogP) is 3.20. The highest BCUT2D eigenvalue weighted by molar-refractivity contribution is 7.89. The maximum Gasteiger partial charge on any atom is 0.338 e. The maximum absolute atomic E-state index is 13.1. The fourth-order valence-electron chi connectivity index (χ4n) is 4.03. The number of aryl methyl sites for hydroxylation is 2. The van der Waals surface area contributed by atoms with Gasteiger partial charge in [0.25, 0.3) is 5.91 Å². The van der Waals surface area contributed by atoms with E-state index in [9.17, 15) is 18.0 Å². The molecule has 0 atom stereocenters. The molecule has 0 unspecified atom stereocenters. The average molecular weight is 500 g/mol. The molecule has 0 N–H and O–H groups in total. The van der Waals surface area contributed by atoms with Gasteiger partial charge in [0.1, 0.15) is 10.6 Å². The lowest BCUT2D eigenvalue weighted by molar-refractivity contribution is -0.121. The third kappa shape index (κ3) is 6.18. The average Bonchev–Trinajstić information content (AvgIpc) is 3.38. The Morgan fingerprint density at radius 3 is 2.34 bits per heavy atom. The number of nitriles is 1. The molecule has 2 aromatic carbocycles. The van der Waals surface area contributed by atoms with Gasteiger partial charge in [0, 0.05) is 25.3 Å². The van der Waals surface area contributed by atoms with E-state index in [2.05, 4.69) is 0 Å². The number of anilines is 1. The van der Waals surface area contributed by atoms with Gasteiger partial charge in [-0.05, 0) is 68.1 Å². The molecule has 0 radical (unpaired) electrons. The van der Waals surface area contributed by atoms with Crippen molar-refractivity contribution in [1.29, 1.82) is 5.26 Å². The van der Waals surface area contributed by atoms with Crippen LogP contribution in [0.25, 0.3) is 0 Å². The van der Waals surface area contributed by atoms with Crippen molar-refractivity contribution in [3.63, 3.8) is 0 Å². The third-order valence-corrected chi connectivity index (χ3v) is 7.60. The number of carbonyl (C=O) groups is 2. The summed E-state index contributed by atoms with van der Waals surface area (Å²) in [6.07, 6.45) is 1.66. The molecular formula is C25H29N3O6S. The van der Waals surface area contributed by atoms with Crippen LogP contribution in [-0.4, -0.2) is 58.0 Å². The van der Waals surface area contributed by atoms with E-state index in [-0.39, 0.29) is 29.2 Å². The largest absolute Gasteiger partial charge is 0.495 e. The lowest BCUT2D eigenvalue weighted by Gasteiger charge is -2.23. The van der Waals surface area contributed by atoms with Gasteiger partial charge in [-0.1, -0.05) is 6.07 Å². The quantitative estimate of drug-likeness (QED) is 0.486. The number of benzene rings is 2. The Labute approximate surface area is 205 Å². The van der Waals surface area contributed by atoms with E-state index in [4.69, 9.17) is 14.7 Å². The highest BCUT2D eigenvalue weighted by atomic mass is 32.2. The Hall–Kier alpha value is -3.42. The Bertz CT molecular complexity index is 1230. The second-order valence-electron chi connectivity index (χ2n) is 8.35. The molecular weight excluding hydrogens is 470 g/mol. The van der Waals surface area contributed by atoms with Crippen LogP contribution in [0.5, 0.6) is 5.75 Å². The van der Waals surface area contributed by atoms with Crippen LogP contribution in [0.3, 0.4) is 0 Å². The first kappa shape index (κ1) is 26.2. The summed E-state index contributed by atoms with van der Waals surface area (Å²) < 4.78 is 37.9. The fourth-order valence-corrected chi connectivity index (χ4v) is 5.73. The van der Waals surface area contributed by atoms with Crippen molar-refractivity contribution >= 4 is 27.6 Å². The molecule has 0 aliphatic carbocycles. The summed E-state index contributed by atoms with van der Waals surface area (Å²) in [5, 5.41) is 9.00. The molecule has 35 heavy (non-hydrogen) atoms. The van der Waals surface area contributed by atoms with Crippen LogP contribution < -0.4 is 9.64 Å². The van der Waals surface area contributed by atoms with Crippen LogP contribution in [-0.2, 0) is 19.6 Å². The van der Waals surface area contributed by atoms with Gasteiger partial charge in [-0.3, -0.25) is 4.79 Å². The normalized spacial score (nSPS) is 13.8. The van der Waals surface area contributed by atoms with Crippen molar-refractivity contribution in [1.82, 2.24) is 4.31 Å². The van der Waals surface area contributed by atoms with Crippen LogP contribution in [0.4, 0.5) is 5.69 Å². The first-order valence-corrected chi connectivity index (χ1v) is 12.7. The monoisotopic (exact) mass is 499 g/mol. The number of carbonyl (C=O) groups excluding carboxylic acids is 2. The fraction of sp³-hybridized carbons (Fsp3) is 0.400. The van der Waals surface area contributed by atoms with Gasteiger partial charge >= 0.3 is 5.97 Å². The third-order valence-electron chi connectivity index (χ3n) is 5.68. The zero-order valence-electron chi connectivity index (χ0n) is 20.1. The van der Waals surface area contributed by atoms with Crippen molar-refractivity contribution in [3.8, 4) is 11.8 Å². The topological polar surface area (TPSA) is 117 Å². The summed E-state index contributed by atoms with van der Waals surface area (Å²) in [6, 6.07) is 11.6. The summed E-state index contributed by atoms with van der Waals surface area (Å²) in [6.45, 7) is 4.22. The van der Waals surface area contributed by atoms with E-state index in [1.54, 1.807) is 0 Å². The van der Waals surface area contributed by atoms with Gasteiger partial charge in [-0.25, -0.2) is 13.2 Å². The van der Waals surface area contributed by atoms with E-state index in [0.717, 1.165) is 24.0 Å². The van der Waals surface area contributed by atoms with E-state index in [1.165, 1.54) is 34.5 Å².